The minimum Gasteiger partial charge on any atom is -0.309 e. The second kappa shape index (κ2) is 7.56. The van der Waals surface area contributed by atoms with Crippen molar-refractivity contribution in [1.29, 1.82) is 0 Å². The van der Waals surface area contributed by atoms with E-state index in [0.717, 1.165) is 0 Å². The molecule has 1 heteroatoms. The molecule has 0 fully saturated rings. The van der Waals surface area contributed by atoms with Crippen molar-refractivity contribution >= 4 is 32.6 Å². The quantitative estimate of drug-likeness (QED) is 0.201. The average Bonchev–Trinajstić information content (AvgIpc) is 3.53. The molecule has 41 heavy (non-hydrogen) atoms. The molecule has 0 saturated carbocycles. The van der Waals surface area contributed by atoms with Crippen LogP contribution in [0.25, 0.3) is 60.5 Å². The van der Waals surface area contributed by atoms with Gasteiger partial charge in [-0.1, -0.05) is 119 Å². The van der Waals surface area contributed by atoms with Gasteiger partial charge in [-0.15, -0.1) is 0 Å². The Morgan fingerprint density at radius 1 is 0.439 bits per heavy atom. The minimum absolute atomic E-state index is 0.0828. The molecule has 1 heterocycles. The third-order valence-corrected chi connectivity index (χ3v) is 10.1. The molecule has 196 valence electrons. The van der Waals surface area contributed by atoms with E-state index in [1.54, 1.807) is 0 Å². The van der Waals surface area contributed by atoms with Gasteiger partial charge in [0.05, 0.1) is 16.7 Å². The molecular formula is C40H31N. The lowest BCUT2D eigenvalue weighted by atomic mass is 9.80. The molecular weight excluding hydrogens is 494 g/mol. The van der Waals surface area contributed by atoms with Crippen molar-refractivity contribution < 1.29 is 0 Å². The van der Waals surface area contributed by atoms with E-state index in [1.165, 1.54) is 82.8 Å². The molecule has 0 saturated heterocycles. The van der Waals surface area contributed by atoms with Crippen molar-refractivity contribution in [2.24, 2.45) is 0 Å². The largest absolute Gasteiger partial charge is 0.309 e. The molecule has 0 bridgehead atoms. The Hall–Kier alpha value is -4.62. The summed E-state index contributed by atoms with van der Waals surface area (Å²) in [4.78, 5) is 0. The van der Waals surface area contributed by atoms with Gasteiger partial charge >= 0.3 is 0 Å². The van der Waals surface area contributed by atoms with E-state index in [1.807, 2.05) is 0 Å². The van der Waals surface area contributed by atoms with Crippen molar-refractivity contribution in [2.75, 3.05) is 0 Å². The van der Waals surface area contributed by atoms with Gasteiger partial charge in [-0.05, 0) is 79.5 Å². The Bertz CT molecular complexity index is 2260. The molecule has 0 N–H and O–H groups in total. The molecule has 1 aromatic heterocycles. The number of fused-ring (bicyclic) bond motifs is 11. The first-order valence-corrected chi connectivity index (χ1v) is 14.7. The van der Waals surface area contributed by atoms with Gasteiger partial charge in [0.2, 0.25) is 0 Å². The van der Waals surface area contributed by atoms with E-state index >= 15 is 0 Å². The second-order valence-corrected chi connectivity index (χ2v) is 13.0. The summed E-state index contributed by atoms with van der Waals surface area (Å²) in [5, 5.41) is 5.32. The summed E-state index contributed by atoms with van der Waals surface area (Å²) in [6, 6.07) is 43.3. The second-order valence-electron chi connectivity index (χ2n) is 13.0. The Kier molecular flexibility index (Phi) is 4.26. The fourth-order valence-corrected chi connectivity index (χ4v) is 8.32. The lowest BCUT2D eigenvalue weighted by Gasteiger charge is -2.25. The van der Waals surface area contributed by atoms with E-state index in [-0.39, 0.29) is 10.8 Å². The number of para-hydroxylation sites is 1. The lowest BCUT2D eigenvalue weighted by molar-refractivity contribution is 0.656. The maximum atomic E-state index is 2.55. The highest BCUT2D eigenvalue weighted by Gasteiger charge is 2.40. The summed E-state index contributed by atoms with van der Waals surface area (Å²) < 4.78 is 2.55. The molecule has 9 rings (SSSR count). The van der Waals surface area contributed by atoms with Crippen molar-refractivity contribution in [3.05, 3.63) is 138 Å². The third-order valence-electron chi connectivity index (χ3n) is 10.1. The minimum atomic E-state index is -0.0928. The number of hydrogen-bond acceptors (Lipinski definition) is 0. The molecule has 0 atom stereocenters. The fourth-order valence-electron chi connectivity index (χ4n) is 8.32. The van der Waals surface area contributed by atoms with E-state index < -0.39 is 0 Å². The van der Waals surface area contributed by atoms with Gasteiger partial charge in [-0.3, -0.25) is 0 Å². The van der Waals surface area contributed by atoms with Gasteiger partial charge < -0.3 is 4.57 Å². The van der Waals surface area contributed by atoms with Crippen LogP contribution in [0.3, 0.4) is 0 Å². The SMILES string of the molecule is CC1(C)c2ccccc2-c2cccc(-n3c4ccccc4c4cc5c(cc43)-c3ccc4ccccc4c3C5(C)C)c21. The van der Waals surface area contributed by atoms with Crippen molar-refractivity contribution in [1.82, 2.24) is 4.57 Å². The Morgan fingerprint density at radius 3 is 2.00 bits per heavy atom. The van der Waals surface area contributed by atoms with Crippen LogP contribution in [0.15, 0.2) is 115 Å². The zero-order valence-electron chi connectivity index (χ0n) is 23.9. The van der Waals surface area contributed by atoms with Crippen LogP contribution in [0.2, 0.25) is 0 Å². The molecule has 2 aliphatic rings. The Labute approximate surface area is 240 Å². The number of benzene rings is 6. The van der Waals surface area contributed by atoms with Gasteiger partial charge in [0.25, 0.3) is 0 Å². The summed E-state index contributed by atoms with van der Waals surface area (Å²) in [6.45, 7) is 9.57. The summed E-state index contributed by atoms with van der Waals surface area (Å²) >= 11 is 0. The number of nitrogens with zero attached hydrogens (tertiary/aromatic N) is 1. The lowest BCUT2D eigenvalue weighted by Crippen LogP contribution is -2.18. The van der Waals surface area contributed by atoms with Crippen LogP contribution < -0.4 is 0 Å². The average molecular weight is 526 g/mol. The number of aromatic nitrogens is 1. The van der Waals surface area contributed by atoms with Crippen LogP contribution in [-0.4, -0.2) is 4.57 Å². The molecule has 7 aromatic rings. The first kappa shape index (κ1) is 23.1. The van der Waals surface area contributed by atoms with Crippen LogP contribution >= 0.6 is 0 Å². The molecule has 6 aromatic carbocycles. The first-order valence-electron chi connectivity index (χ1n) is 14.7. The zero-order chi connectivity index (χ0) is 27.7. The maximum absolute atomic E-state index is 2.55. The fraction of sp³-hybridized carbons (Fsp3) is 0.150. The van der Waals surface area contributed by atoms with Gasteiger partial charge in [-0.25, -0.2) is 0 Å². The molecule has 2 aliphatic carbocycles. The van der Waals surface area contributed by atoms with Gasteiger partial charge in [-0.2, -0.15) is 0 Å². The molecule has 0 unspecified atom stereocenters. The van der Waals surface area contributed by atoms with Gasteiger partial charge in [0, 0.05) is 21.6 Å². The third kappa shape index (κ3) is 2.77. The summed E-state index contributed by atoms with van der Waals surface area (Å²) in [5.41, 5.74) is 14.8. The summed E-state index contributed by atoms with van der Waals surface area (Å²) in [7, 11) is 0. The predicted molar refractivity (Wildman–Crippen MR) is 173 cm³/mol. The standard InChI is InChI=1S/C40H31N/c1-39(2)32-17-9-7-14-26(32)28-16-11-19-35(38(28)39)41-34-18-10-8-15-27(34)31-22-33-30(23-36(31)41)29-21-20-24-12-5-6-13-25(24)37(29)40(33,3)4/h5-23H,1-4H3. The topological polar surface area (TPSA) is 4.93 Å². The molecule has 1 nitrogen and oxygen atoms in total. The first-order chi connectivity index (χ1) is 19.9. The molecule has 0 spiro atoms. The van der Waals surface area contributed by atoms with E-state index in [0.29, 0.717) is 0 Å². The summed E-state index contributed by atoms with van der Waals surface area (Å²) in [5.74, 6) is 0. The predicted octanol–water partition coefficient (Wildman–Crippen LogP) is 10.5. The van der Waals surface area contributed by atoms with Crippen molar-refractivity contribution in [3.8, 4) is 27.9 Å². The van der Waals surface area contributed by atoms with Gasteiger partial charge in [0.1, 0.15) is 0 Å². The van der Waals surface area contributed by atoms with Crippen molar-refractivity contribution in [3.63, 3.8) is 0 Å². The van der Waals surface area contributed by atoms with E-state index in [9.17, 15) is 0 Å². The van der Waals surface area contributed by atoms with Crippen LogP contribution in [0.1, 0.15) is 49.9 Å². The molecule has 0 amide bonds. The maximum Gasteiger partial charge on any atom is 0.0547 e. The zero-order valence-corrected chi connectivity index (χ0v) is 23.9. The van der Waals surface area contributed by atoms with Crippen molar-refractivity contribution in [2.45, 2.75) is 38.5 Å². The molecule has 0 radical (unpaired) electrons. The highest BCUT2D eigenvalue weighted by Crippen LogP contribution is 2.55. The number of hydrogen-bond donors (Lipinski definition) is 0. The highest BCUT2D eigenvalue weighted by atomic mass is 15.0. The van der Waals surface area contributed by atoms with Gasteiger partial charge in [0.15, 0.2) is 0 Å². The Morgan fingerprint density at radius 2 is 1.12 bits per heavy atom. The van der Waals surface area contributed by atoms with Crippen LogP contribution in [-0.2, 0) is 10.8 Å². The van der Waals surface area contributed by atoms with Crippen LogP contribution in [0.4, 0.5) is 0 Å². The Balaban J connectivity index is 1.41. The number of rotatable bonds is 1. The normalized spacial score (nSPS) is 15.7. The smallest absolute Gasteiger partial charge is 0.0547 e. The highest BCUT2D eigenvalue weighted by molar-refractivity contribution is 6.12. The summed E-state index contributed by atoms with van der Waals surface area (Å²) in [6.07, 6.45) is 0. The van der Waals surface area contributed by atoms with E-state index in [4.69, 9.17) is 0 Å². The molecule has 0 aliphatic heterocycles. The van der Waals surface area contributed by atoms with Crippen LogP contribution in [0.5, 0.6) is 0 Å². The van der Waals surface area contributed by atoms with E-state index in [2.05, 4.69) is 148 Å². The van der Waals surface area contributed by atoms with Crippen LogP contribution in [0, 0.1) is 0 Å². The monoisotopic (exact) mass is 525 g/mol.